The number of carboxylic acid groups (broad SMARTS) is 1. The Hall–Kier alpha value is -1.89. The summed E-state index contributed by atoms with van der Waals surface area (Å²) >= 11 is 3.64. The van der Waals surface area contributed by atoms with E-state index in [1.54, 1.807) is 4.68 Å². The highest BCUT2D eigenvalue weighted by atomic mass is 79.9. The van der Waals surface area contributed by atoms with Crippen LogP contribution in [0.1, 0.15) is 28.0 Å². The summed E-state index contributed by atoms with van der Waals surface area (Å²) in [4.78, 5) is 18.1. The minimum absolute atomic E-state index is 0.197. The molecule has 7 heteroatoms. The fourth-order valence-electron chi connectivity index (χ4n) is 3.29. The van der Waals surface area contributed by atoms with Crippen molar-refractivity contribution in [3.8, 4) is 0 Å². The van der Waals surface area contributed by atoms with Crippen LogP contribution >= 0.6 is 15.9 Å². The molecule has 0 bridgehead atoms. The van der Waals surface area contributed by atoms with Gasteiger partial charge in [-0.05, 0) is 52.7 Å². The van der Waals surface area contributed by atoms with E-state index in [0.717, 1.165) is 46.5 Å². The third-order valence-electron chi connectivity index (χ3n) is 4.74. The molecular weight excluding hydrogens is 360 g/mol. The molecule has 2 atom stereocenters. The van der Waals surface area contributed by atoms with Crippen LogP contribution in [-0.4, -0.2) is 38.9 Å². The van der Waals surface area contributed by atoms with E-state index in [-0.39, 0.29) is 5.56 Å². The summed E-state index contributed by atoms with van der Waals surface area (Å²) in [5.74, 6) is 1.78. The maximum absolute atomic E-state index is 10.9. The molecule has 2 aromatic rings. The quantitative estimate of drug-likeness (QED) is 0.887. The monoisotopic (exact) mass is 376 g/mol. The molecule has 0 amide bonds. The van der Waals surface area contributed by atoms with Gasteiger partial charge in [0.2, 0.25) is 0 Å². The lowest BCUT2D eigenvalue weighted by Crippen LogP contribution is -2.24. The van der Waals surface area contributed by atoms with Crippen molar-refractivity contribution in [3.63, 3.8) is 0 Å². The smallest absolute Gasteiger partial charge is 0.338 e. The first kappa shape index (κ1) is 14.7. The zero-order valence-electron chi connectivity index (χ0n) is 12.7. The SMILES string of the molecule is Cc1nc(N2CC3CC3C2)c(Br)cc1Cn1cc(C(=O)O)cn1. The van der Waals surface area contributed by atoms with Crippen molar-refractivity contribution in [3.05, 3.63) is 39.8 Å². The number of piperidine rings is 1. The lowest BCUT2D eigenvalue weighted by atomic mass is 10.2. The van der Waals surface area contributed by atoms with Crippen molar-refractivity contribution >= 4 is 27.7 Å². The summed E-state index contributed by atoms with van der Waals surface area (Å²) in [6.45, 7) is 4.71. The van der Waals surface area contributed by atoms with Gasteiger partial charge in [-0.25, -0.2) is 9.78 Å². The number of anilines is 1. The number of fused-ring (bicyclic) bond motifs is 1. The van der Waals surface area contributed by atoms with Gasteiger partial charge >= 0.3 is 5.97 Å². The minimum atomic E-state index is -0.963. The standard InChI is InChI=1S/C16H17BrN4O2/c1-9-10(7-21-8-13(4-18-21)16(22)23)3-14(17)15(19-9)20-5-11-2-12(11)6-20/h3-4,8,11-12H,2,5-7H2,1H3,(H,22,23). The molecule has 3 heterocycles. The van der Waals surface area contributed by atoms with E-state index in [9.17, 15) is 4.79 Å². The number of halogens is 1. The van der Waals surface area contributed by atoms with Crippen LogP contribution in [0.5, 0.6) is 0 Å². The minimum Gasteiger partial charge on any atom is -0.478 e. The van der Waals surface area contributed by atoms with Crippen LogP contribution < -0.4 is 4.90 Å². The third-order valence-corrected chi connectivity index (χ3v) is 5.33. The van der Waals surface area contributed by atoms with Crippen LogP contribution in [0.2, 0.25) is 0 Å². The number of hydrogen-bond donors (Lipinski definition) is 1. The van der Waals surface area contributed by atoms with Crippen LogP contribution in [-0.2, 0) is 6.54 Å². The molecule has 2 unspecified atom stereocenters. The molecule has 6 nitrogen and oxygen atoms in total. The summed E-state index contributed by atoms with van der Waals surface area (Å²) in [6.07, 6.45) is 4.28. The van der Waals surface area contributed by atoms with Crippen molar-refractivity contribution in [2.24, 2.45) is 11.8 Å². The summed E-state index contributed by atoms with van der Waals surface area (Å²) in [6, 6.07) is 2.07. The molecule has 0 aromatic carbocycles. The Bertz CT molecular complexity index is 778. The number of aromatic nitrogens is 3. The van der Waals surface area contributed by atoms with E-state index in [2.05, 4.69) is 32.0 Å². The highest BCUT2D eigenvalue weighted by molar-refractivity contribution is 9.10. The van der Waals surface area contributed by atoms with Gasteiger partial charge < -0.3 is 10.0 Å². The Balaban J connectivity index is 1.56. The van der Waals surface area contributed by atoms with Crippen molar-refractivity contribution in [2.75, 3.05) is 18.0 Å². The summed E-state index contributed by atoms with van der Waals surface area (Å²) in [7, 11) is 0. The summed E-state index contributed by atoms with van der Waals surface area (Å²) in [5, 5.41) is 13.1. The molecule has 0 spiro atoms. The lowest BCUT2D eigenvalue weighted by molar-refractivity contribution is 0.0697. The molecule has 2 aromatic heterocycles. The average molecular weight is 377 g/mol. The molecule has 120 valence electrons. The topological polar surface area (TPSA) is 71.2 Å². The predicted octanol–water partition coefficient (Wildman–Crippen LogP) is 2.55. The number of nitrogens with zero attached hydrogens (tertiary/aromatic N) is 4. The molecule has 23 heavy (non-hydrogen) atoms. The Labute approximate surface area is 142 Å². The highest BCUT2D eigenvalue weighted by Crippen LogP contribution is 2.47. The maximum atomic E-state index is 10.9. The highest BCUT2D eigenvalue weighted by Gasteiger charge is 2.45. The van der Waals surface area contributed by atoms with Crippen molar-refractivity contribution in [1.29, 1.82) is 0 Å². The van der Waals surface area contributed by atoms with Crippen LogP contribution in [0, 0.1) is 18.8 Å². The molecule has 4 rings (SSSR count). The second-order valence-electron chi connectivity index (χ2n) is 6.43. The summed E-state index contributed by atoms with van der Waals surface area (Å²) < 4.78 is 2.62. The van der Waals surface area contributed by atoms with Gasteiger partial charge in [0.1, 0.15) is 5.82 Å². The van der Waals surface area contributed by atoms with Gasteiger partial charge in [0, 0.05) is 25.0 Å². The average Bonchev–Trinajstić information content (AvgIpc) is 2.92. The molecule has 1 N–H and O–H groups in total. The van der Waals surface area contributed by atoms with Crippen molar-refractivity contribution in [1.82, 2.24) is 14.8 Å². The molecular formula is C16H17BrN4O2. The first-order chi connectivity index (χ1) is 11.0. The number of aromatic carboxylic acids is 1. The normalized spacial score (nSPS) is 22.3. The molecule has 2 fully saturated rings. The maximum Gasteiger partial charge on any atom is 0.338 e. The van der Waals surface area contributed by atoms with E-state index in [1.165, 1.54) is 18.8 Å². The van der Waals surface area contributed by atoms with Gasteiger partial charge in [0.15, 0.2) is 0 Å². The second kappa shape index (κ2) is 5.33. The number of carbonyl (C=O) groups is 1. The predicted molar refractivity (Wildman–Crippen MR) is 88.8 cm³/mol. The number of hydrogen-bond acceptors (Lipinski definition) is 4. The van der Waals surface area contributed by atoms with Gasteiger partial charge in [-0.2, -0.15) is 5.10 Å². The van der Waals surface area contributed by atoms with Crippen molar-refractivity contribution in [2.45, 2.75) is 19.9 Å². The van der Waals surface area contributed by atoms with E-state index in [0.29, 0.717) is 6.54 Å². The zero-order valence-corrected chi connectivity index (χ0v) is 14.3. The van der Waals surface area contributed by atoms with Gasteiger partial charge in [-0.3, -0.25) is 4.68 Å². The van der Waals surface area contributed by atoms with Crippen LogP contribution in [0.25, 0.3) is 0 Å². The fraction of sp³-hybridized carbons (Fsp3) is 0.438. The number of pyridine rings is 1. The molecule has 1 saturated heterocycles. The Morgan fingerprint density at radius 1 is 1.43 bits per heavy atom. The van der Waals surface area contributed by atoms with Gasteiger partial charge in [-0.1, -0.05) is 0 Å². The van der Waals surface area contributed by atoms with E-state index >= 15 is 0 Å². The van der Waals surface area contributed by atoms with Gasteiger partial charge in [0.25, 0.3) is 0 Å². The molecule has 1 aliphatic carbocycles. The fourth-order valence-corrected chi connectivity index (χ4v) is 3.91. The first-order valence-corrected chi connectivity index (χ1v) is 8.47. The van der Waals surface area contributed by atoms with E-state index in [4.69, 9.17) is 10.1 Å². The Kier molecular flexibility index (Phi) is 3.41. The van der Waals surface area contributed by atoms with Crippen molar-refractivity contribution < 1.29 is 9.90 Å². The molecule has 2 aliphatic rings. The molecule has 1 saturated carbocycles. The number of aryl methyl sites for hydroxylation is 1. The van der Waals surface area contributed by atoms with Crippen LogP contribution in [0.4, 0.5) is 5.82 Å². The Morgan fingerprint density at radius 3 is 2.83 bits per heavy atom. The third kappa shape index (κ3) is 2.73. The first-order valence-electron chi connectivity index (χ1n) is 7.68. The van der Waals surface area contributed by atoms with E-state index in [1.807, 2.05) is 6.92 Å². The van der Waals surface area contributed by atoms with Crippen LogP contribution in [0.15, 0.2) is 22.9 Å². The van der Waals surface area contributed by atoms with Gasteiger partial charge in [0.05, 0.1) is 22.8 Å². The number of carboxylic acids is 1. The zero-order chi connectivity index (χ0) is 16.1. The molecule has 1 aliphatic heterocycles. The largest absolute Gasteiger partial charge is 0.478 e. The second-order valence-corrected chi connectivity index (χ2v) is 7.29. The lowest BCUT2D eigenvalue weighted by Gasteiger charge is -2.22. The Morgan fingerprint density at radius 2 is 2.17 bits per heavy atom. The summed E-state index contributed by atoms with van der Waals surface area (Å²) in [5.41, 5.74) is 2.18. The van der Waals surface area contributed by atoms with Crippen LogP contribution in [0.3, 0.4) is 0 Å². The van der Waals surface area contributed by atoms with E-state index < -0.39 is 5.97 Å². The van der Waals surface area contributed by atoms with Gasteiger partial charge in [-0.15, -0.1) is 0 Å². The number of rotatable bonds is 4. The molecule has 0 radical (unpaired) electrons.